The Balaban J connectivity index is 1.73. The number of rotatable bonds is 9. The van der Waals surface area contributed by atoms with Crippen molar-refractivity contribution in [3.05, 3.63) is 41.4 Å². The number of thiophene rings is 1. The average Bonchev–Trinajstić information content (AvgIpc) is 3.40. The molecule has 4 rings (SSSR count). The Kier molecular flexibility index (Phi) is 6.74. The summed E-state index contributed by atoms with van der Waals surface area (Å²) in [4.78, 5) is 14.5. The molecular formula is C22H26N6OS2. The third-order valence-electron chi connectivity index (χ3n) is 4.86. The molecule has 0 radical (unpaired) electrons. The number of imidazole rings is 1. The molecule has 0 amide bonds. The molecule has 0 saturated carbocycles. The monoisotopic (exact) mass is 454 g/mol. The molecule has 0 aliphatic heterocycles. The molecule has 0 saturated heterocycles. The van der Waals surface area contributed by atoms with Crippen molar-refractivity contribution in [1.82, 2.24) is 24.8 Å². The van der Waals surface area contributed by atoms with Gasteiger partial charge in [0.15, 0.2) is 22.1 Å². The van der Waals surface area contributed by atoms with Gasteiger partial charge in [0.25, 0.3) is 0 Å². The number of nitrogens with two attached hydrogens (primary N) is 1. The number of anilines is 1. The van der Waals surface area contributed by atoms with Gasteiger partial charge >= 0.3 is 0 Å². The minimum absolute atomic E-state index is 0.398. The van der Waals surface area contributed by atoms with Crippen molar-refractivity contribution in [3.63, 3.8) is 0 Å². The number of nitrogens with zero attached hydrogens (tertiary/aromatic N) is 4. The second-order valence-electron chi connectivity index (χ2n) is 7.42. The zero-order chi connectivity index (χ0) is 21.8. The number of fused-ring (bicyclic) bond motifs is 1. The summed E-state index contributed by atoms with van der Waals surface area (Å²) in [5, 5.41) is 8.54. The van der Waals surface area contributed by atoms with Crippen LogP contribution < -0.4 is 15.8 Å². The third-order valence-corrected chi connectivity index (χ3v) is 6.59. The Morgan fingerprint density at radius 2 is 2.13 bits per heavy atom. The third kappa shape index (κ3) is 4.84. The number of benzene rings is 1. The van der Waals surface area contributed by atoms with Crippen LogP contribution in [0.3, 0.4) is 0 Å². The van der Waals surface area contributed by atoms with E-state index in [1.807, 2.05) is 6.07 Å². The Bertz CT molecular complexity index is 1160. The standard InChI is InChI=1S/C22H26N6OS2/c1-14(2)24-8-4-9-28-21-19(20(23)25-13-26-21)27-22(28)31-18-11-16(29-3)5-6-17(18)15-7-10-30-12-15/h5-7,10-14,24H,4,8-9H2,1-3H3,(H2,23,25,26). The quantitative estimate of drug-likeness (QED) is 0.355. The first-order valence-corrected chi connectivity index (χ1v) is 11.9. The first-order valence-electron chi connectivity index (χ1n) is 10.2. The van der Waals surface area contributed by atoms with Crippen molar-refractivity contribution < 1.29 is 4.74 Å². The lowest BCUT2D eigenvalue weighted by molar-refractivity contribution is 0.414. The van der Waals surface area contributed by atoms with Gasteiger partial charge in [0.2, 0.25) is 0 Å². The van der Waals surface area contributed by atoms with Crippen molar-refractivity contribution >= 4 is 40.1 Å². The second kappa shape index (κ2) is 9.67. The fraction of sp³-hybridized carbons (Fsp3) is 0.318. The van der Waals surface area contributed by atoms with Crippen LogP contribution in [0.15, 0.2) is 51.4 Å². The molecule has 0 bridgehead atoms. The molecule has 0 atom stereocenters. The van der Waals surface area contributed by atoms with Crippen LogP contribution in [-0.4, -0.2) is 39.2 Å². The van der Waals surface area contributed by atoms with Gasteiger partial charge in [-0.1, -0.05) is 25.6 Å². The molecule has 162 valence electrons. The molecule has 0 spiro atoms. The Morgan fingerprint density at radius 3 is 2.87 bits per heavy atom. The average molecular weight is 455 g/mol. The van der Waals surface area contributed by atoms with Crippen LogP contribution in [0.2, 0.25) is 0 Å². The minimum Gasteiger partial charge on any atom is -0.497 e. The normalized spacial score (nSPS) is 11.5. The van der Waals surface area contributed by atoms with Crippen LogP contribution in [0, 0.1) is 0 Å². The van der Waals surface area contributed by atoms with Crippen molar-refractivity contribution in [3.8, 4) is 16.9 Å². The Labute approximate surface area is 190 Å². The molecule has 3 heterocycles. The largest absolute Gasteiger partial charge is 0.497 e. The van der Waals surface area contributed by atoms with Crippen molar-refractivity contribution in [2.75, 3.05) is 19.4 Å². The van der Waals surface area contributed by atoms with Crippen LogP contribution in [0.25, 0.3) is 22.3 Å². The Hall–Kier alpha value is -2.62. The van der Waals surface area contributed by atoms with Gasteiger partial charge in [0, 0.05) is 17.5 Å². The van der Waals surface area contributed by atoms with E-state index in [1.165, 1.54) is 11.9 Å². The van der Waals surface area contributed by atoms with E-state index in [0.29, 0.717) is 17.4 Å². The summed E-state index contributed by atoms with van der Waals surface area (Å²) >= 11 is 3.28. The van der Waals surface area contributed by atoms with Crippen LogP contribution in [-0.2, 0) is 6.54 Å². The zero-order valence-corrected chi connectivity index (χ0v) is 19.5. The molecule has 9 heteroatoms. The van der Waals surface area contributed by atoms with E-state index in [9.17, 15) is 0 Å². The molecular weight excluding hydrogens is 428 g/mol. The lowest BCUT2D eigenvalue weighted by Crippen LogP contribution is -2.24. The number of hydrogen-bond donors (Lipinski definition) is 2. The first-order chi connectivity index (χ1) is 15.1. The number of nitrogen functional groups attached to an aromatic ring is 1. The number of aromatic nitrogens is 4. The van der Waals surface area contributed by atoms with E-state index < -0.39 is 0 Å². The molecule has 0 fully saturated rings. The van der Waals surface area contributed by atoms with E-state index in [0.717, 1.165) is 46.5 Å². The predicted octanol–water partition coefficient (Wildman–Crippen LogP) is 4.68. The molecule has 31 heavy (non-hydrogen) atoms. The number of hydrogen-bond acceptors (Lipinski definition) is 8. The summed E-state index contributed by atoms with van der Waals surface area (Å²) in [6.45, 7) is 6.00. The minimum atomic E-state index is 0.398. The van der Waals surface area contributed by atoms with Gasteiger partial charge in [-0.15, -0.1) is 0 Å². The molecule has 4 aromatic rings. The SMILES string of the molecule is COc1ccc(-c2ccsc2)c(Sc2nc3c(N)ncnc3n2CCCNC(C)C)c1. The predicted molar refractivity (Wildman–Crippen MR) is 128 cm³/mol. The van der Waals surface area contributed by atoms with Gasteiger partial charge in [-0.25, -0.2) is 15.0 Å². The number of ether oxygens (including phenoxy) is 1. The van der Waals surface area contributed by atoms with Gasteiger partial charge < -0.3 is 20.4 Å². The number of aryl methyl sites for hydroxylation is 1. The molecule has 1 aromatic carbocycles. The Morgan fingerprint density at radius 1 is 1.26 bits per heavy atom. The van der Waals surface area contributed by atoms with Crippen molar-refractivity contribution in [2.45, 2.75) is 42.9 Å². The summed E-state index contributed by atoms with van der Waals surface area (Å²) in [5.41, 5.74) is 9.84. The lowest BCUT2D eigenvalue weighted by atomic mass is 10.1. The highest BCUT2D eigenvalue weighted by Gasteiger charge is 2.18. The zero-order valence-electron chi connectivity index (χ0n) is 17.8. The van der Waals surface area contributed by atoms with Gasteiger partial charge in [-0.2, -0.15) is 11.3 Å². The maximum atomic E-state index is 6.11. The van der Waals surface area contributed by atoms with Gasteiger partial charge in [-0.05, 0) is 59.1 Å². The molecule has 0 unspecified atom stereocenters. The first kappa shape index (κ1) is 21.6. The summed E-state index contributed by atoms with van der Waals surface area (Å²) in [6, 6.07) is 8.71. The van der Waals surface area contributed by atoms with Gasteiger partial charge in [0.05, 0.1) is 7.11 Å². The van der Waals surface area contributed by atoms with Crippen molar-refractivity contribution in [2.24, 2.45) is 0 Å². The van der Waals surface area contributed by atoms with E-state index >= 15 is 0 Å². The maximum absolute atomic E-state index is 6.11. The van der Waals surface area contributed by atoms with E-state index in [-0.39, 0.29) is 0 Å². The van der Waals surface area contributed by atoms with Crippen LogP contribution in [0.5, 0.6) is 5.75 Å². The van der Waals surface area contributed by atoms with E-state index in [2.05, 4.69) is 62.7 Å². The summed E-state index contributed by atoms with van der Waals surface area (Å²) in [5.74, 6) is 1.21. The highest BCUT2D eigenvalue weighted by molar-refractivity contribution is 7.99. The highest BCUT2D eigenvalue weighted by atomic mass is 32.2. The summed E-state index contributed by atoms with van der Waals surface area (Å²) in [6.07, 6.45) is 2.45. The van der Waals surface area contributed by atoms with Crippen LogP contribution >= 0.6 is 23.1 Å². The second-order valence-corrected chi connectivity index (χ2v) is 9.20. The van der Waals surface area contributed by atoms with E-state index in [1.54, 1.807) is 30.2 Å². The number of nitrogens with one attached hydrogen (secondary N) is 1. The number of methoxy groups -OCH3 is 1. The van der Waals surface area contributed by atoms with Crippen LogP contribution in [0.4, 0.5) is 5.82 Å². The fourth-order valence-electron chi connectivity index (χ4n) is 3.31. The summed E-state index contributed by atoms with van der Waals surface area (Å²) < 4.78 is 7.62. The fourth-order valence-corrected chi connectivity index (χ4v) is 5.06. The van der Waals surface area contributed by atoms with Crippen LogP contribution in [0.1, 0.15) is 20.3 Å². The molecule has 7 nitrogen and oxygen atoms in total. The van der Waals surface area contributed by atoms with E-state index in [4.69, 9.17) is 15.5 Å². The topological polar surface area (TPSA) is 90.9 Å². The molecule has 3 aromatic heterocycles. The van der Waals surface area contributed by atoms with Gasteiger partial charge in [-0.3, -0.25) is 0 Å². The molecule has 0 aliphatic rings. The molecule has 0 aliphatic carbocycles. The highest BCUT2D eigenvalue weighted by Crippen LogP contribution is 2.39. The maximum Gasteiger partial charge on any atom is 0.175 e. The lowest BCUT2D eigenvalue weighted by Gasteiger charge is -2.13. The molecule has 3 N–H and O–H groups in total. The van der Waals surface area contributed by atoms with Crippen molar-refractivity contribution in [1.29, 1.82) is 0 Å². The van der Waals surface area contributed by atoms with Gasteiger partial charge in [0.1, 0.15) is 12.1 Å². The summed E-state index contributed by atoms with van der Waals surface area (Å²) in [7, 11) is 1.68. The smallest absolute Gasteiger partial charge is 0.175 e.